The number of aliphatic hydroxyl groups is 1. The van der Waals surface area contributed by atoms with Crippen molar-refractivity contribution < 1.29 is 13.5 Å². The van der Waals surface area contributed by atoms with E-state index in [1.54, 1.807) is 6.92 Å². The van der Waals surface area contributed by atoms with Gasteiger partial charge in [0.05, 0.1) is 11.4 Å². The van der Waals surface area contributed by atoms with Crippen LogP contribution in [0.3, 0.4) is 0 Å². The Bertz CT molecular complexity index is 300. The normalized spacial score (nSPS) is 29.3. The van der Waals surface area contributed by atoms with Crippen LogP contribution in [0.15, 0.2) is 0 Å². The summed E-state index contributed by atoms with van der Waals surface area (Å²) in [4.78, 5) is 0. The molecule has 6 heteroatoms. The van der Waals surface area contributed by atoms with E-state index in [1.807, 2.05) is 0 Å². The van der Waals surface area contributed by atoms with Gasteiger partial charge in [-0.25, -0.2) is 8.42 Å². The van der Waals surface area contributed by atoms with Crippen LogP contribution >= 0.6 is 0 Å². The fraction of sp³-hybridized carbons (Fsp3) is 1.00. The average Bonchev–Trinajstić information content (AvgIpc) is 2.13. The molecule has 1 aliphatic heterocycles. The van der Waals surface area contributed by atoms with Crippen LogP contribution < -0.4 is 5.73 Å². The van der Waals surface area contributed by atoms with Crippen LogP contribution in [0.5, 0.6) is 0 Å². The molecule has 90 valence electrons. The smallest absolute Gasteiger partial charge is 0.214 e. The van der Waals surface area contributed by atoms with Crippen LogP contribution in [0.4, 0.5) is 0 Å². The van der Waals surface area contributed by atoms with E-state index in [0.717, 1.165) is 6.42 Å². The first kappa shape index (κ1) is 12.9. The van der Waals surface area contributed by atoms with Gasteiger partial charge < -0.3 is 10.8 Å². The number of nitrogens with two attached hydrogens (primary N) is 1. The highest BCUT2D eigenvalue weighted by Crippen LogP contribution is 2.22. The van der Waals surface area contributed by atoms with E-state index in [-0.39, 0.29) is 12.3 Å². The summed E-state index contributed by atoms with van der Waals surface area (Å²) in [5.41, 5.74) is 4.41. The Labute approximate surface area is 91.3 Å². The van der Waals surface area contributed by atoms with Crippen molar-refractivity contribution in [2.75, 3.05) is 25.4 Å². The van der Waals surface area contributed by atoms with Gasteiger partial charge in [0.15, 0.2) is 0 Å². The molecule has 3 N–H and O–H groups in total. The maximum Gasteiger partial charge on any atom is 0.214 e. The minimum Gasteiger partial charge on any atom is -0.389 e. The zero-order valence-electron chi connectivity index (χ0n) is 9.15. The molecule has 0 radical (unpaired) electrons. The molecule has 5 nitrogen and oxygen atoms in total. The molecule has 0 aliphatic carbocycles. The zero-order chi connectivity index (χ0) is 11.5. The molecule has 15 heavy (non-hydrogen) atoms. The van der Waals surface area contributed by atoms with Crippen molar-refractivity contribution in [2.24, 2.45) is 5.73 Å². The molecule has 0 spiro atoms. The predicted octanol–water partition coefficient (Wildman–Crippen LogP) is -0.488. The molecule has 0 aromatic rings. The van der Waals surface area contributed by atoms with Gasteiger partial charge in [-0.1, -0.05) is 0 Å². The number of sulfonamides is 1. The highest BCUT2D eigenvalue weighted by Gasteiger charge is 2.34. The Balaban J connectivity index is 2.63. The Kier molecular flexibility index (Phi) is 4.11. The maximum atomic E-state index is 11.8. The second kappa shape index (κ2) is 4.78. The van der Waals surface area contributed by atoms with Crippen molar-refractivity contribution >= 4 is 10.0 Å². The highest BCUT2D eigenvalue weighted by atomic mass is 32.2. The van der Waals surface area contributed by atoms with Crippen molar-refractivity contribution in [3.8, 4) is 0 Å². The summed E-state index contributed by atoms with van der Waals surface area (Å²) in [6.45, 7) is 2.78. The summed E-state index contributed by atoms with van der Waals surface area (Å²) >= 11 is 0. The third-order valence-electron chi connectivity index (χ3n) is 2.64. The number of hydrogen-bond acceptors (Lipinski definition) is 4. The first-order valence-electron chi connectivity index (χ1n) is 5.28. The van der Waals surface area contributed by atoms with Gasteiger partial charge in [-0.15, -0.1) is 0 Å². The minimum atomic E-state index is -3.22. The number of rotatable bonds is 4. The zero-order valence-corrected chi connectivity index (χ0v) is 9.96. The topological polar surface area (TPSA) is 83.6 Å². The molecular weight excluding hydrogens is 216 g/mol. The number of piperidine rings is 1. The maximum absolute atomic E-state index is 11.8. The van der Waals surface area contributed by atoms with Crippen molar-refractivity contribution in [3.05, 3.63) is 0 Å². The summed E-state index contributed by atoms with van der Waals surface area (Å²) in [6.07, 6.45) is 1.85. The largest absolute Gasteiger partial charge is 0.389 e. The van der Waals surface area contributed by atoms with Crippen molar-refractivity contribution in [1.82, 2.24) is 4.31 Å². The Morgan fingerprint density at radius 1 is 1.53 bits per heavy atom. The van der Waals surface area contributed by atoms with Gasteiger partial charge in [0.1, 0.15) is 0 Å². The summed E-state index contributed by atoms with van der Waals surface area (Å²) in [5, 5.41) is 9.80. The summed E-state index contributed by atoms with van der Waals surface area (Å²) in [5.74, 6) is 0.0829. The van der Waals surface area contributed by atoms with E-state index < -0.39 is 15.6 Å². The fourth-order valence-corrected chi connectivity index (χ4v) is 3.48. The van der Waals surface area contributed by atoms with Crippen LogP contribution in [0, 0.1) is 0 Å². The molecule has 0 aromatic heterocycles. The molecule has 1 unspecified atom stereocenters. The van der Waals surface area contributed by atoms with Gasteiger partial charge in [0, 0.05) is 13.1 Å². The van der Waals surface area contributed by atoms with Gasteiger partial charge in [-0.05, 0) is 32.7 Å². The lowest BCUT2D eigenvalue weighted by Gasteiger charge is -2.35. The summed E-state index contributed by atoms with van der Waals surface area (Å²) in [7, 11) is -3.22. The fourth-order valence-electron chi connectivity index (χ4n) is 1.81. The average molecular weight is 236 g/mol. The Morgan fingerprint density at radius 2 is 2.20 bits per heavy atom. The van der Waals surface area contributed by atoms with Crippen LogP contribution in [0.25, 0.3) is 0 Å². The first-order valence-corrected chi connectivity index (χ1v) is 6.89. The predicted molar refractivity (Wildman–Crippen MR) is 58.9 cm³/mol. The van der Waals surface area contributed by atoms with E-state index in [2.05, 4.69) is 0 Å². The van der Waals surface area contributed by atoms with Gasteiger partial charge in [0.2, 0.25) is 10.0 Å². The molecule has 1 rings (SSSR count). The van der Waals surface area contributed by atoms with E-state index in [4.69, 9.17) is 5.73 Å². The summed E-state index contributed by atoms with van der Waals surface area (Å²) in [6, 6.07) is 0. The van der Waals surface area contributed by atoms with Crippen LogP contribution in [-0.4, -0.2) is 48.8 Å². The van der Waals surface area contributed by atoms with Crippen LogP contribution in [-0.2, 0) is 10.0 Å². The quantitative estimate of drug-likeness (QED) is 0.690. The Hall–Kier alpha value is -0.170. The second-order valence-electron chi connectivity index (χ2n) is 4.39. The lowest BCUT2D eigenvalue weighted by Crippen LogP contribution is -2.49. The number of nitrogens with zero attached hydrogens (tertiary/aromatic N) is 1. The van der Waals surface area contributed by atoms with Gasteiger partial charge in [-0.3, -0.25) is 0 Å². The van der Waals surface area contributed by atoms with Crippen LogP contribution in [0.1, 0.15) is 26.2 Å². The SMILES string of the molecule is CC1(O)CCCN(S(=O)(=O)CCCN)C1. The number of hydrogen-bond donors (Lipinski definition) is 2. The molecular formula is C9H20N2O3S. The van der Waals surface area contributed by atoms with Crippen molar-refractivity contribution in [3.63, 3.8) is 0 Å². The van der Waals surface area contributed by atoms with E-state index >= 15 is 0 Å². The monoisotopic (exact) mass is 236 g/mol. The van der Waals surface area contributed by atoms with E-state index in [1.165, 1.54) is 4.31 Å². The molecule has 1 aliphatic rings. The van der Waals surface area contributed by atoms with Gasteiger partial charge in [-0.2, -0.15) is 4.31 Å². The molecule has 1 saturated heterocycles. The molecule has 1 heterocycles. The van der Waals surface area contributed by atoms with Gasteiger partial charge in [0.25, 0.3) is 0 Å². The molecule has 0 aromatic carbocycles. The molecule has 0 bridgehead atoms. The minimum absolute atomic E-state index is 0.0829. The lowest BCUT2D eigenvalue weighted by molar-refractivity contribution is 0.00941. The second-order valence-corrected chi connectivity index (χ2v) is 6.48. The molecule has 0 amide bonds. The molecule has 1 atom stereocenters. The highest BCUT2D eigenvalue weighted by molar-refractivity contribution is 7.89. The first-order chi connectivity index (χ1) is 6.87. The number of β-amino-alcohol motifs (C(OH)–C–C–N with tert-alkyl or cyclic N) is 1. The van der Waals surface area contributed by atoms with E-state index in [9.17, 15) is 13.5 Å². The lowest BCUT2D eigenvalue weighted by atomic mass is 9.97. The third-order valence-corrected chi connectivity index (χ3v) is 4.54. The Morgan fingerprint density at radius 3 is 2.73 bits per heavy atom. The standard InChI is InChI=1S/C9H20N2O3S/c1-9(12)4-2-6-11(8-9)15(13,14)7-3-5-10/h12H,2-8,10H2,1H3. The van der Waals surface area contributed by atoms with Crippen molar-refractivity contribution in [2.45, 2.75) is 31.8 Å². The van der Waals surface area contributed by atoms with E-state index in [0.29, 0.717) is 25.9 Å². The van der Waals surface area contributed by atoms with Gasteiger partial charge >= 0.3 is 0 Å². The van der Waals surface area contributed by atoms with Crippen molar-refractivity contribution in [1.29, 1.82) is 0 Å². The summed E-state index contributed by atoms with van der Waals surface area (Å²) < 4.78 is 25.0. The molecule has 1 fully saturated rings. The third kappa shape index (κ3) is 3.71. The van der Waals surface area contributed by atoms with Crippen LogP contribution in [0.2, 0.25) is 0 Å². The molecule has 0 saturated carbocycles.